The highest BCUT2D eigenvalue weighted by Gasteiger charge is 2.31. The first-order chi connectivity index (χ1) is 10.2. The summed E-state index contributed by atoms with van der Waals surface area (Å²) in [5.41, 5.74) is 1.89. The largest absolute Gasteiger partial charge is 0.379 e. The SMILES string of the molecule is Cc1cnc(C[C@H]2COCCN(C(=O)C3CNC3)C2)cn1. The minimum Gasteiger partial charge on any atom is -0.379 e. The first kappa shape index (κ1) is 14.4. The van der Waals surface area contributed by atoms with Crippen LogP contribution in [0.5, 0.6) is 0 Å². The van der Waals surface area contributed by atoms with Crippen LogP contribution < -0.4 is 5.32 Å². The van der Waals surface area contributed by atoms with Gasteiger partial charge in [-0.2, -0.15) is 0 Å². The van der Waals surface area contributed by atoms with Gasteiger partial charge in [-0.15, -0.1) is 0 Å². The Labute approximate surface area is 124 Å². The van der Waals surface area contributed by atoms with E-state index < -0.39 is 0 Å². The molecule has 1 atom stereocenters. The predicted octanol–water partition coefficient (Wildman–Crippen LogP) is 0.0219. The summed E-state index contributed by atoms with van der Waals surface area (Å²) >= 11 is 0. The molecule has 0 saturated carbocycles. The van der Waals surface area contributed by atoms with Crippen molar-refractivity contribution in [1.82, 2.24) is 20.2 Å². The van der Waals surface area contributed by atoms with Crippen molar-refractivity contribution in [3.05, 3.63) is 23.8 Å². The summed E-state index contributed by atoms with van der Waals surface area (Å²) in [4.78, 5) is 23.0. The molecule has 2 saturated heterocycles. The molecule has 0 aromatic carbocycles. The highest BCUT2D eigenvalue weighted by molar-refractivity contribution is 5.80. The van der Waals surface area contributed by atoms with Crippen LogP contribution in [-0.2, 0) is 16.0 Å². The van der Waals surface area contributed by atoms with Gasteiger partial charge < -0.3 is 15.0 Å². The fourth-order valence-corrected chi connectivity index (χ4v) is 2.75. The smallest absolute Gasteiger partial charge is 0.228 e. The van der Waals surface area contributed by atoms with Gasteiger partial charge >= 0.3 is 0 Å². The molecular weight excluding hydrogens is 268 g/mol. The molecule has 1 N–H and O–H groups in total. The van der Waals surface area contributed by atoms with Gasteiger partial charge in [0.2, 0.25) is 5.91 Å². The molecule has 2 aliphatic heterocycles. The molecule has 0 aliphatic carbocycles. The molecule has 1 aromatic rings. The van der Waals surface area contributed by atoms with Gasteiger partial charge in [0.1, 0.15) is 0 Å². The first-order valence-corrected chi connectivity index (χ1v) is 7.57. The van der Waals surface area contributed by atoms with Crippen LogP contribution in [0.2, 0.25) is 0 Å². The highest BCUT2D eigenvalue weighted by atomic mass is 16.5. The molecule has 0 radical (unpaired) electrons. The molecule has 1 aromatic heterocycles. The van der Waals surface area contributed by atoms with Gasteiger partial charge in [0, 0.05) is 44.5 Å². The maximum Gasteiger partial charge on any atom is 0.228 e. The number of nitrogens with zero attached hydrogens (tertiary/aromatic N) is 3. The Kier molecular flexibility index (Phi) is 4.45. The zero-order valence-electron chi connectivity index (χ0n) is 12.4. The number of carbonyl (C=O) groups is 1. The van der Waals surface area contributed by atoms with E-state index in [2.05, 4.69) is 15.3 Å². The van der Waals surface area contributed by atoms with Crippen molar-refractivity contribution in [2.24, 2.45) is 11.8 Å². The second kappa shape index (κ2) is 6.49. The van der Waals surface area contributed by atoms with Crippen LogP contribution in [-0.4, -0.2) is 60.2 Å². The Balaban J connectivity index is 1.61. The van der Waals surface area contributed by atoms with Gasteiger partial charge in [-0.1, -0.05) is 0 Å². The van der Waals surface area contributed by atoms with Crippen molar-refractivity contribution in [3.8, 4) is 0 Å². The summed E-state index contributed by atoms with van der Waals surface area (Å²) < 4.78 is 5.66. The summed E-state index contributed by atoms with van der Waals surface area (Å²) in [5, 5.41) is 3.16. The zero-order valence-corrected chi connectivity index (χ0v) is 12.4. The number of amides is 1. The lowest BCUT2D eigenvalue weighted by Gasteiger charge is -2.32. The van der Waals surface area contributed by atoms with Crippen molar-refractivity contribution in [1.29, 1.82) is 0 Å². The Bertz CT molecular complexity index is 487. The Morgan fingerprint density at radius 2 is 2.29 bits per heavy atom. The molecule has 3 rings (SSSR count). The van der Waals surface area contributed by atoms with Crippen molar-refractivity contribution < 1.29 is 9.53 Å². The van der Waals surface area contributed by atoms with Crippen molar-refractivity contribution in [2.45, 2.75) is 13.3 Å². The van der Waals surface area contributed by atoms with E-state index in [0.717, 1.165) is 37.4 Å². The van der Waals surface area contributed by atoms with Gasteiger partial charge in [0.25, 0.3) is 0 Å². The fraction of sp³-hybridized carbons (Fsp3) is 0.667. The van der Waals surface area contributed by atoms with E-state index in [-0.39, 0.29) is 11.8 Å². The molecule has 3 heterocycles. The van der Waals surface area contributed by atoms with Gasteiger partial charge in [-0.25, -0.2) is 0 Å². The van der Waals surface area contributed by atoms with Crippen LogP contribution >= 0.6 is 0 Å². The van der Waals surface area contributed by atoms with E-state index in [4.69, 9.17) is 4.74 Å². The van der Waals surface area contributed by atoms with E-state index in [0.29, 0.717) is 25.7 Å². The van der Waals surface area contributed by atoms with E-state index in [1.165, 1.54) is 0 Å². The molecule has 21 heavy (non-hydrogen) atoms. The Morgan fingerprint density at radius 3 is 2.95 bits per heavy atom. The molecule has 2 fully saturated rings. The second-order valence-electron chi connectivity index (χ2n) is 5.93. The van der Waals surface area contributed by atoms with Crippen LogP contribution in [0.15, 0.2) is 12.4 Å². The summed E-state index contributed by atoms with van der Waals surface area (Å²) in [7, 11) is 0. The van der Waals surface area contributed by atoms with Crippen molar-refractivity contribution >= 4 is 5.91 Å². The van der Waals surface area contributed by atoms with Crippen LogP contribution in [0.25, 0.3) is 0 Å². The summed E-state index contributed by atoms with van der Waals surface area (Å²) in [6.07, 6.45) is 4.41. The molecule has 2 aliphatic rings. The molecule has 0 spiro atoms. The van der Waals surface area contributed by atoms with Gasteiger partial charge in [0.05, 0.1) is 30.5 Å². The molecule has 0 bridgehead atoms. The lowest BCUT2D eigenvalue weighted by molar-refractivity contribution is -0.137. The quantitative estimate of drug-likeness (QED) is 0.850. The lowest BCUT2D eigenvalue weighted by Crippen LogP contribution is -2.53. The molecule has 0 unspecified atom stereocenters. The molecule has 1 amide bonds. The van der Waals surface area contributed by atoms with Crippen LogP contribution in [0.4, 0.5) is 0 Å². The lowest BCUT2D eigenvalue weighted by atomic mass is 9.99. The monoisotopic (exact) mass is 290 g/mol. The molecule has 6 nitrogen and oxygen atoms in total. The van der Waals surface area contributed by atoms with E-state index >= 15 is 0 Å². The van der Waals surface area contributed by atoms with Crippen LogP contribution in [0.1, 0.15) is 11.4 Å². The number of ether oxygens (including phenoxy) is 1. The van der Waals surface area contributed by atoms with Crippen LogP contribution in [0, 0.1) is 18.8 Å². The molecule has 114 valence electrons. The van der Waals surface area contributed by atoms with E-state index in [1.807, 2.05) is 18.0 Å². The van der Waals surface area contributed by atoms with E-state index in [9.17, 15) is 4.79 Å². The van der Waals surface area contributed by atoms with Crippen LogP contribution in [0.3, 0.4) is 0 Å². The third-order valence-electron chi connectivity index (χ3n) is 4.11. The number of hydrogen-bond acceptors (Lipinski definition) is 5. The number of hydrogen-bond donors (Lipinski definition) is 1. The average Bonchev–Trinajstić information content (AvgIpc) is 2.65. The van der Waals surface area contributed by atoms with Gasteiger partial charge in [-0.05, 0) is 13.3 Å². The third-order valence-corrected chi connectivity index (χ3v) is 4.11. The summed E-state index contributed by atoms with van der Waals surface area (Å²) in [5.74, 6) is 0.712. The zero-order chi connectivity index (χ0) is 14.7. The highest BCUT2D eigenvalue weighted by Crippen LogP contribution is 2.16. The maximum absolute atomic E-state index is 12.4. The Hall–Kier alpha value is -1.53. The maximum atomic E-state index is 12.4. The number of rotatable bonds is 3. The number of nitrogens with one attached hydrogen (secondary N) is 1. The number of carbonyl (C=O) groups excluding carboxylic acids is 1. The summed E-state index contributed by atoms with van der Waals surface area (Å²) in [6.45, 7) is 6.31. The van der Waals surface area contributed by atoms with Crippen molar-refractivity contribution in [3.63, 3.8) is 0 Å². The second-order valence-corrected chi connectivity index (χ2v) is 5.93. The first-order valence-electron chi connectivity index (χ1n) is 7.57. The molecule has 6 heteroatoms. The minimum atomic E-state index is 0.155. The average molecular weight is 290 g/mol. The van der Waals surface area contributed by atoms with E-state index in [1.54, 1.807) is 6.20 Å². The number of aryl methyl sites for hydroxylation is 1. The molecular formula is C15H22N4O2. The fourth-order valence-electron chi connectivity index (χ4n) is 2.75. The standard InChI is InChI=1S/C15H22N4O2/c1-11-5-18-14(8-17-11)4-12-9-19(2-3-21-10-12)15(20)13-6-16-7-13/h5,8,12-13,16H,2-4,6-7,9-10H2,1H3/t12-/m1/s1. The summed E-state index contributed by atoms with van der Waals surface area (Å²) in [6, 6.07) is 0. The number of aromatic nitrogens is 2. The normalized spacial score (nSPS) is 23.5. The predicted molar refractivity (Wildman–Crippen MR) is 77.7 cm³/mol. The van der Waals surface area contributed by atoms with Crippen molar-refractivity contribution in [2.75, 3.05) is 39.4 Å². The van der Waals surface area contributed by atoms with Gasteiger partial charge in [-0.3, -0.25) is 14.8 Å². The topological polar surface area (TPSA) is 67.3 Å². The van der Waals surface area contributed by atoms with Gasteiger partial charge in [0.15, 0.2) is 0 Å². The third kappa shape index (κ3) is 3.57. The Morgan fingerprint density at radius 1 is 1.43 bits per heavy atom. The minimum absolute atomic E-state index is 0.155.